The molecule has 0 atom stereocenters. The van der Waals surface area contributed by atoms with E-state index in [4.69, 9.17) is 0 Å². The monoisotopic (exact) mass is 118 g/mol. The third-order valence-corrected chi connectivity index (χ3v) is 0.664. The maximum atomic E-state index is 4.68. The minimum atomic E-state index is -0.0648. The Morgan fingerprint density at radius 1 is 1.12 bits per heavy atom. The molecule has 0 heterocycles. The van der Waals surface area contributed by atoms with Crippen LogP contribution in [-0.4, -0.2) is 20.5 Å². The summed E-state index contributed by atoms with van der Waals surface area (Å²) in [5, 5.41) is 0. The van der Waals surface area contributed by atoms with E-state index < -0.39 is 0 Å². The van der Waals surface area contributed by atoms with E-state index in [1.165, 1.54) is 0 Å². The highest BCUT2D eigenvalue weighted by Gasteiger charge is 1.87. The van der Waals surface area contributed by atoms with Gasteiger partial charge in [-0.1, -0.05) is 0 Å². The number of hydrogen-bond acceptors (Lipinski definition) is 2. The van der Waals surface area contributed by atoms with Crippen molar-refractivity contribution in [1.29, 1.82) is 0 Å². The molecule has 0 radical (unpaired) electrons. The summed E-state index contributed by atoms with van der Waals surface area (Å²) < 4.78 is 9.35. The predicted octanol–water partition coefficient (Wildman–Crippen LogP) is 1.43. The quantitative estimate of drug-likeness (QED) is 0.403. The van der Waals surface area contributed by atoms with Crippen molar-refractivity contribution < 1.29 is 9.47 Å². The van der Waals surface area contributed by atoms with Gasteiger partial charge in [0.1, 0.15) is 0 Å². The Morgan fingerprint density at radius 2 is 1.38 bits per heavy atom. The van der Waals surface area contributed by atoms with Crippen molar-refractivity contribution in [3.63, 3.8) is 0 Å². The molecule has 0 aromatic carbocycles. The molecule has 0 saturated heterocycles. The fourth-order valence-electron chi connectivity index (χ4n) is 0.0962. The van der Waals surface area contributed by atoms with Crippen LogP contribution >= 0.6 is 0 Å². The van der Waals surface area contributed by atoms with E-state index in [-0.39, 0.29) is 6.29 Å². The van der Waals surface area contributed by atoms with Crippen molar-refractivity contribution >= 4 is 0 Å². The van der Waals surface area contributed by atoms with Crippen LogP contribution in [-0.2, 0) is 9.47 Å². The van der Waals surface area contributed by atoms with Gasteiger partial charge in [-0.05, 0) is 6.92 Å². The van der Waals surface area contributed by atoms with E-state index in [1.54, 1.807) is 14.2 Å². The van der Waals surface area contributed by atoms with Gasteiger partial charge in [0.15, 0.2) is 6.29 Å². The molecule has 8 heavy (non-hydrogen) atoms. The van der Waals surface area contributed by atoms with Crippen LogP contribution in [0.3, 0.4) is 0 Å². The number of ether oxygens (including phenoxy) is 2. The van der Waals surface area contributed by atoms with Crippen LogP contribution in [0.5, 0.6) is 0 Å². The second-order valence-electron chi connectivity index (χ2n) is 1.04. The molecule has 0 N–H and O–H groups in total. The summed E-state index contributed by atoms with van der Waals surface area (Å²) in [7, 11) is 3.21. The zero-order valence-electron chi connectivity index (χ0n) is 5.81. The van der Waals surface area contributed by atoms with Crippen LogP contribution < -0.4 is 0 Å². The molecule has 0 aromatic heterocycles. The predicted molar refractivity (Wildman–Crippen MR) is 34.7 cm³/mol. The molecule has 0 aromatic rings. The molecule has 2 heteroatoms. The Balaban J connectivity index is 0. The van der Waals surface area contributed by atoms with Gasteiger partial charge in [-0.2, -0.15) is 0 Å². The van der Waals surface area contributed by atoms with Gasteiger partial charge in [0, 0.05) is 14.2 Å². The second kappa shape index (κ2) is 9.83. The van der Waals surface area contributed by atoms with E-state index in [0.717, 1.165) is 0 Å². The molecule has 0 unspecified atom stereocenters. The molecule has 0 bridgehead atoms. The van der Waals surface area contributed by atoms with Gasteiger partial charge in [0.2, 0.25) is 0 Å². The number of methoxy groups -OCH3 is 2. The lowest BCUT2D eigenvalue weighted by atomic mass is 10.8. The maximum Gasteiger partial charge on any atom is 0.154 e. The first-order valence-electron chi connectivity index (χ1n) is 2.37. The number of hydrogen-bond donors (Lipinski definition) is 0. The first-order chi connectivity index (χ1) is 3.81. The fraction of sp³-hybridized carbons (Fsp3) is 0.667. The molecule has 50 valence electrons. The lowest BCUT2D eigenvalue weighted by Crippen LogP contribution is -2.05. The number of rotatable bonds is 2. The van der Waals surface area contributed by atoms with Gasteiger partial charge in [-0.3, -0.25) is 0 Å². The first-order valence-corrected chi connectivity index (χ1v) is 2.37. The summed E-state index contributed by atoms with van der Waals surface area (Å²) in [5.74, 6) is 0. The normalized spacial score (nSPS) is 8.00. The van der Waals surface area contributed by atoms with E-state index in [1.807, 2.05) is 6.92 Å². The van der Waals surface area contributed by atoms with Crippen molar-refractivity contribution in [2.75, 3.05) is 14.2 Å². The average Bonchev–Trinajstić information content (AvgIpc) is 1.91. The van der Waals surface area contributed by atoms with Gasteiger partial charge in [-0.15, -0.1) is 13.2 Å². The van der Waals surface area contributed by atoms with Gasteiger partial charge in [0.05, 0.1) is 0 Å². The molecule has 0 rings (SSSR count). The highest BCUT2D eigenvalue weighted by atomic mass is 16.7. The summed E-state index contributed by atoms with van der Waals surface area (Å²) >= 11 is 0. The maximum absolute atomic E-state index is 4.68. The average molecular weight is 118 g/mol. The van der Waals surface area contributed by atoms with E-state index in [9.17, 15) is 0 Å². The summed E-state index contributed by atoms with van der Waals surface area (Å²) in [6, 6.07) is 0. The summed E-state index contributed by atoms with van der Waals surface area (Å²) in [6.07, 6.45) is -0.0648. The van der Waals surface area contributed by atoms with Crippen LogP contribution in [0.4, 0.5) is 0 Å². The third kappa shape index (κ3) is 9.18. The van der Waals surface area contributed by atoms with Crippen molar-refractivity contribution in [1.82, 2.24) is 0 Å². The lowest BCUT2D eigenvalue weighted by molar-refractivity contribution is -0.0877. The van der Waals surface area contributed by atoms with Crippen LogP contribution in [0.1, 0.15) is 6.92 Å². The smallest absolute Gasteiger partial charge is 0.154 e. The molecular weight excluding hydrogens is 104 g/mol. The topological polar surface area (TPSA) is 18.5 Å². The lowest BCUT2D eigenvalue weighted by Gasteiger charge is -2.03. The highest BCUT2D eigenvalue weighted by molar-refractivity contribution is 4.22. The Hall–Kier alpha value is -0.340. The van der Waals surface area contributed by atoms with Crippen LogP contribution in [0, 0.1) is 0 Å². The van der Waals surface area contributed by atoms with Gasteiger partial charge >= 0.3 is 0 Å². The van der Waals surface area contributed by atoms with Crippen LogP contribution in [0.2, 0.25) is 0 Å². The zero-order valence-corrected chi connectivity index (χ0v) is 5.81. The van der Waals surface area contributed by atoms with Crippen molar-refractivity contribution in [3.05, 3.63) is 13.2 Å². The third-order valence-electron chi connectivity index (χ3n) is 0.664. The molecule has 0 spiro atoms. The van der Waals surface area contributed by atoms with Crippen molar-refractivity contribution in [2.45, 2.75) is 13.2 Å². The zero-order chi connectivity index (χ0) is 6.99. The Morgan fingerprint density at radius 3 is 1.38 bits per heavy atom. The molecule has 2 nitrogen and oxygen atoms in total. The minimum Gasteiger partial charge on any atom is -0.356 e. The van der Waals surface area contributed by atoms with Crippen molar-refractivity contribution in [3.8, 4) is 0 Å². The van der Waals surface area contributed by atoms with Gasteiger partial charge < -0.3 is 9.47 Å². The molecule has 0 amide bonds. The molecule has 0 saturated carbocycles. The van der Waals surface area contributed by atoms with Crippen molar-refractivity contribution in [2.24, 2.45) is 0 Å². The van der Waals surface area contributed by atoms with E-state index in [0.29, 0.717) is 0 Å². The second-order valence-corrected chi connectivity index (χ2v) is 1.04. The Labute approximate surface area is 51.1 Å². The van der Waals surface area contributed by atoms with Crippen LogP contribution in [0.15, 0.2) is 13.2 Å². The molecule has 0 aliphatic rings. The minimum absolute atomic E-state index is 0.0648. The summed E-state index contributed by atoms with van der Waals surface area (Å²) in [5.41, 5.74) is 0. The van der Waals surface area contributed by atoms with Gasteiger partial charge in [0.25, 0.3) is 0 Å². The van der Waals surface area contributed by atoms with Crippen LogP contribution in [0.25, 0.3) is 0 Å². The Bertz CT molecular complexity index is 33.5. The molecule has 0 aliphatic heterocycles. The summed E-state index contributed by atoms with van der Waals surface area (Å²) in [6.45, 7) is 7.83. The highest BCUT2D eigenvalue weighted by Crippen LogP contribution is 1.82. The van der Waals surface area contributed by atoms with E-state index >= 15 is 0 Å². The Kier molecular flexibility index (Phi) is 13.0. The van der Waals surface area contributed by atoms with Gasteiger partial charge in [-0.25, -0.2) is 0 Å². The SMILES string of the molecule is C=C.COC(C)OC. The largest absolute Gasteiger partial charge is 0.356 e. The fourth-order valence-corrected chi connectivity index (χ4v) is 0.0962. The molecular formula is C6H14O2. The van der Waals surface area contributed by atoms with E-state index in [2.05, 4.69) is 22.6 Å². The summed E-state index contributed by atoms with van der Waals surface area (Å²) in [4.78, 5) is 0. The molecule has 0 aliphatic carbocycles. The standard InChI is InChI=1S/C4H10O2.C2H4/c1-4(5-2)6-3;1-2/h4H,1-3H3;1-2H2. The first kappa shape index (κ1) is 10.6. The molecule has 0 fully saturated rings.